The molecule has 0 atom stereocenters. The number of esters is 1. The van der Waals surface area contributed by atoms with Crippen LogP contribution in [0, 0.1) is 0 Å². The van der Waals surface area contributed by atoms with Crippen molar-refractivity contribution in [2.24, 2.45) is 0 Å². The molecule has 0 saturated carbocycles. The van der Waals surface area contributed by atoms with E-state index in [0.717, 1.165) is 5.56 Å². The maximum atomic E-state index is 12.0. The fourth-order valence-corrected chi connectivity index (χ4v) is 2.08. The average molecular weight is 303 g/mol. The van der Waals surface area contributed by atoms with Crippen LogP contribution in [0.15, 0.2) is 28.9 Å². The van der Waals surface area contributed by atoms with E-state index in [1.54, 1.807) is 19.2 Å². The van der Waals surface area contributed by atoms with Crippen LogP contribution in [0.5, 0.6) is 11.5 Å². The van der Waals surface area contributed by atoms with Crippen LogP contribution in [0.2, 0.25) is 0 Å². The SMILES string of the molecule is CCc1nc(C(=O)Oc2ccc(C(C)(C)C)c(OC)c2)co1. The van der Waals surface area contributed by atoms with Gasteiger partial charge < -0.3 is 13.9 Å². The lowest BCUT2D eigenvalue weighted by atomic mass is 9.86. The number of aromatic nitrogens is 1. The molecule has 0 fully saturated rings. The lowest BCUT2D eigenvalue weighted by Gasteiger charge is -2.22. The average Bonchev–Trinajstić information content (AvgIpc) is 2.95. The second-order valence-electron chi connectivity index (χ2n) is 5.98. The Hall–Kier alpha value is -2.30. The molecule has 5 heteroatoms. The molecule has 0 radical (unpaired) electrons. The van der Waals surface area contributed by atoms with Crippen molar-refractivity contribution in [2.75, 3.05) is 7.11 Å². The van der Waals surface area contributed by atoms with Crippen LogP contribution >= 0.6 is 0 Å². The molecule has 1 aromatic heterocycles. The van der Waals surface area contributed by atoms with E-state index in [4.69, 9.17) is 13.9 Å². The molecule has 0 unspecified atom stereocenters. The molecule has 0 aliphatic heterocycles. The third-order valence-electron chi connectivity index (χ3n) is 3.25. The number of oxazole rings is 1. The molecular formula is C17H21NO4. The summed E-state index contributed by atoms with van der Waals surface area (Å²) < 4.78 is 15.9. The number of methoxy groups -OCH3 is 1. The van der Waals surface area contributed by atoms with Crippen LogP contribution in [0.3, 0.4) is 0 Å². The highest BCUT2D eigenvalue weighted by Crippen LogP contribution is 2.34. The van der Waals surface area contributed by atoms with Gasteiger partial charge in [0.1, 0.15) is 17.8 Å². The summed E-state index contributed by atoms with van der Waals surface area (Å²) >= 11 is 0. The van der Waals surface area contributed by atoms with Crippen molar-refractivity contribution in [3.63, 3.8) is 0 Å². The van der Waals surface area contributed by atoms with Gasteiger partial charge in [-0.2, -0.15) is 0 Å². The fraction of sp³-hybridized carbons (Fsp3) is 0.412. The standard InChI is InChI=1S/C17H21NO4/c1-6-15-18-13(10-21-15)16(19)22-11-7-8-12(17(2,3)4)14(9-11)20-5/h7-10H,6H2,1-5H3. The quantitative estimate of drug-likeness (QED) is 0.635. The van der Waals surface area contributed by atoms with Crippen molar-refractivity contribution in [1.29, 1.82) is 0 Å². The van der Waals surface area contributed by atoms with E-state index in [9.17, 15) is 4.79 Å². The minimum Gasteiger partial charge on any atom is -0.496 e. The first kappa shape index (κ1) is 16.1. The van der Waals surface area contributed by atoms with Crippen molar-refractivity contribution in [3.05, 3.63) is 41.6 Å². The Morgan fingerprint density at radius 2 is 2.05 bits per heavy atom. The maximum absolute atomic E-state index is 12.0. The molecule has 2 aromatic rings. The second-order valence-corrected chi connectivity index (χ2v) is 5.98. The van der Waals surface area contributed by atoms with Gasteiger partial charge in [0.25, 0.3) is 0 Å². The zero-order valence-corrected chi connectivity index (χ0v) is 13.6. The van der Waals surface area contributed by atoms with E-state index < -0.39 is 5.97 Å². The molecule has 2 rings (SSSR count). The maximum Gasteiger partial charge on any atom is 0.365 e. The van der Waals surface area contributed by atoms with Crippen LogP contribution in [0.4, 0.5) is 0 Å². The highest BCUT2D eigenvalue weighted by molar-refractivity contribution is 5.88. The van der Waals surface area contributed by atoms with E-state index in [2.05, 4.69) is 25.8 Å². The number of nitrogens with zero attached hydrogens (tertiary/aromatic N) is 1. The van der Waals surface area contributed by atoms with E-state index in [1.807, 2.05) is 13.0 Å². The number of aryl methyl sites for hydroxylation is 1. The molecule has 0 amide bonds. The van der Waals surface area contributed by atoms with Crippen LogP contribution in [-0.4, -0.2) is 18.1 Å². The summed E-state index contributed by atoms with van der Waals surface area (Å²) in [6, 6.07) is 5.36. The highest BCUT2D eigenvalue weighted by atomic mass is 16.5. The lowest BCUT2D eigenvalue weighted by molar-refractivity contribution is 0.0728. The zero-order valence-electron chi connectivity index (χ0n) is 13.6. The summed E-state index contributed by atoms with van der Waals surface area (Å²) in [6.45, 7) is 8.19. The van der Waals surface area contributed by atoms with Crippen LogP contribution in [-0.2, 0) is 11.8 Å². The van der Waals surface area contributed by atoms with Gasteiger partial charge in [0, 0.05) is 12.5 Å². The smallest absolute Gasteiger partial charge is 0.365 e. The molecule has 0 bridgehead atoms. The topological polar surface area (TPSA) is 61.6 Å². The zero-order chi connectivity index (χ0) is 16.3. The van der Waals surface area contributed by atoms with Crippen molar-refractivity contribution in [2.45, 2.75) is 39.5 Å². The highest BCUT2D eigenvalue weighted by Gasteiger charge is 2.20. The molecule has 5 nitrogen and oxygen atoms in total. The fourth-order valence-electron chi connectivity index (χ4n) is 2.08. The summed E-state index contributed by atoms with van der Waals surface area (Å²) in [5.41, 5.74) is 1.15. The number of benzene rings is 1. The molecule has 22 heavy (non-hydrogen) atoms. The van der Waals surface area contributed by atoms with Crippen LogP contribution in [0.25, 0.3) is 0 Å². The Bertz CT molecular complexity index is 668. The summed E-state index contributed by atoms with van der Waals surface area (Å²) in [5, 5.41) is 0. The van der Waals surface area contributed by atoms with Gasteiger partial charge in [0.15, 0.2) is 11.6 Å². The van der Waals surface area contributed by atoms with E-state index in [-0.39, 0.29) is 11.1 Å². The van der Waals surface area contributed by atoms with Crippen molar-refractivity contribution in [3.8, 4) is 11.5 Å². The minimum atomic E-state index is -0.547. The molecule has 1 aromatic carbocycles. The normalized spacial score (nSPS) is 11.3. The van der Waals surface area contributed by atoms with Crippen LogP contribution < -0.4 is 9.47 Å². The summed E-state index contributed by atoms with van der Waals surface area (Å²) in [6.07, 6.45) is 1.93. The van der Waals surface area contributed by atoms with Crippen molar-refractivity contribution < 1.29 is 18.7 Å². The number of carbonyl (C=O) groups is 1. The van der Waals surface area contributed by atoms with Gasteiger partial charge in [0.05, 0.1) is 7.11 Å². The van der Waals surface area contributed by atoms with Gasteiger partial charge in [-0.3, -0.25) is 0 Å². The first-order chi connectivity index (χ1) is 10.3. The van der Waals surface area contributed by atoms with Gasteiger partial charge in [-0.1, -0.05) is 33.8 Å². The van der Waals surface area contributed by atoms with Crippen molar-refractivity contribution in [1.82, 2.24) is 4.98 Å². The molecule has 0 aliphatic carbocycles. The molecular weight excluding hydrogens is 282 g/mol. The Kier molecular flexibility index (Phi) is 4.54. The Morgan fingerprint density at radius 3 is 2.59 bits per heavy atom. The number of rotatable bonds is 4. The third kappa shape index (κ3) is 3.47. The number of hydrogen-bond donors (Lipinski definition) is 0. The molecule has 118 valence electrons. The molecule has 0 spiro atoms. The van der Waals surface area contributed by atoms with E-state index >= 15 is 0 Å². The summed E-state index contributed by atoms with van der Waals surface area (Å²) in [5.74, 6) is 1.06. The summed E-state index contributed by atoms with van der Waals surface area (Å²) in [4.78, 5) is 16.1. The number of hydrogen-bond acceptors (Lipinski definition) is 5. The summed E-state index contributed by atoms with van der Waals surface area (Å²) in [7, 11) is 1.60. The van der Waals surface area contributed by atoms with Gasteiger partial charge >= 0.3 is 5.97 Å². The molecule has 1 heterocycles. The third-order valence-corrected chi connectivity index (χ3v) is 3.25. The Labute approximate surface area is 130 Å². The largest absolute Gasteiger partial charge is 0.496 e. The lowest BCUT2D eigenvalue weighted by Crippen LogP contribution is -2.14. The predicted molar refractivity (Wildman–Crippen MR) is 82.5 cm³/mol. The number of ether oxygens (including phenoxy) is 2. The van der Waals surface area contributed by atoms with Crippen molar-refractivity contribution >= 4 is 5.97 Å². The van der Waals surface area contributed by atoms with E-state index in [1.165, 1.54) is 6.26 Å². The Balaban J connectivity index is 2.21. The first-order valence-electron chi connectivity index (χ1n) is 7.20. The van der Waals surface area contributed by atoms with Gasteiger partial charge in [0.2, 0.25) is 0 Å². The van der Waals surface area contributed by atoms with Gasteiger partial charge in [-0.05, 0) is 17.0 Å². The predicted octanol–water partition coefficient (Wildman–Crippen LogP) is 3.76. The second kappa shape index (κ2) is 6.22. The first-order valence-corrected chi connectivity index (χ1v) is 7.20. The van der Waals surface area contributed by atoms with E-state index in [0.29, 0.717) is 23.8 Å². The Morgan fingerprint density at radius 1 is 1.32 bits per heavy atom. The monoisotopic (exact) mass is 303 g/mol. The van der Waals surface area contributed by atoms with Gasteiger partial charge in [-0.15, -0.1) is 0 Å². The minimum absolute atomic E-state index is 0.0595. The van der Waals surface area contributed by atoms with Crippen LogP contribution in [0.1, 0.15) is 49.6 Å². The number of carbonyl (C=O) groups excluding carboxylic acids is 1. The molecule has 0 saturated heterocycles. The molecule has 0 N–H and O–H groups in total. The van der Waals surface area contributed by atoms with Gasteiger partial charge in [-0.25, -0.2) is 9.78 Å². The molecule has 0 aliphatic rings.